The molecule has 2 aliphatic heterocycles. The summed E-state index contributed by atoms with van der Waals surface area (Å²) in [5, 5.41) is 0. The SMILES string of the molecule is CC1(c2cccc(CCCc3cccc(C4(C)OCCO4)c3)c2)OCCO1. The first-order valence-corrected chi connectivity index (χ1v) is 9.82. The molecule has 4 nitrogen and oxygen atoms in total. The average molecular weight is 368 g/mol. The van der Waals surface area contributed by atoms with Gasteiger partial charge in [-0.15, -0.1) is 0 Å². The summed E-state index contributed by atoms with van der Waals surface area (Å²) in [5.74, 6) is -1.19. The molecule has 0 bridgehead atoms. The van der Waals surface area contributed by atoms with Crippen LogP contribution in [0.1, 0.15) is 42.5 Å². The van der Waals surface area contributed by atoms with Crippen molar-refractivity contribution in [3.63, 3.8) is 0 Å². The van der Waals surface area contributed by atoms with Crippen molar-refractivity contribution in [3.05, 3.63) is 70.8 Å². The molecule has 0 N–H and O–H groups in total. The van der Waals surface area contributed by atoms with Crippen LogP contribution in [0.15, 0.2) is 48.5 Å². The lowest BCUT2D eigenvalue weighted by Gasteiger charge is -2.23. The normalized spacial score (nSPS) is 20.8. The first kappa shape index (κ1) is 18.6. The van der Waals surface area contributed by atoms with E-state index in [0.29, 0.717) is 26.4 Å². The van der Waals surface area contributed by atoms with Gasteiger partial charge in [-0.25, -0.2) is 0 Å². The van der Waals surface area contributed by atoms with Gasteiger partial charge in [0.05, 0.1) is 26.4 Å². The van der Waals surface area contributed by atoms with Crippen molar-refractivity contribution in [2.24, 2.45) is 0 Å². The third kappa shape index (κ3) is 4.09. The number of rotatable bonds is 6. The summed E-state index contributed by atoms with van der Waals surface area (Å²) in [6.45, 7) is 6.62. The van der Waals surface area contributed by atoms with Gasteiger partial charge in [0.15, 0.2) is 11.6 Å². The Morgan fingerprint density at radius 1 is 0.667 bits per heavy atom. The zero-order valence-electron chi connectivity index (χ0n) is 16.2. The Morgan fingerprint density at radius 2 is 1.07 bits per heavy atom. The highest BCUT2D eigenvalue weighted by Crippen LogP contribution is 2.32. The zero-order valence-corrected chi connectivity index (χ0v) is 16.2. The minimum atomic E-state index is -0.596. The second-order valence-electron chi connectivity index (χ2n) is 7.54. The van der Waals surface area contributed by atoms with Crippen molar-refractivity contribution >= 4 is 0 Å². The molecule has 144 valence electrons. The van der Waals surface area contributed by atoms with Gasteiger partial charge in [0.25, 0.3) is 0 Å². The quantitative estimate of drug-likeness (QED) is 0.762. The molecule has 0 aromatic heterocycles. The lowest BCUT2D eigenvalue weighted by molar-refractivity contribution is -0.150. The van der Waals surface area contributed by atoms with Gasteiger partial charge in [0, 0.05) is 11.1 Å². The van der Waals surface area contributed by atoms with Crippen LogP contribution in [0, 0.1) is 0 Å². The Kier molecular flexibility index (Phi) is 5.33. The van der Waals surface area contributed by atoms with Crippen LogP contribution in [0.4, 0.5) is 0 Å². The summed E-state index contributed by atoms with van der Waals surface area (Å²) in [6.07, 6.45) is 3.14. The highest BCUT2D eigenvalue weighted by molar-refractivity contribution is 5.29. The van der Waals surface area contributed by atoms with Crippen LogP contribution in [-0.4, -0.2) is 26.4 Å². The number of ether oxygens (including phenoxy) is 4. The van der Waals surface area contributed by atoms with E-state index >= 15 is 0 Å². The molecule has 0 atom stereocenters. The van der Waals surface area contributed by atoms with Gasteiger partial charge < -0.3 is 18.9 Å². The maximum absolute atomic E-state index is 5.78. The molecule has 0 saturated carbocycles. The predicted octanol–water partition coefficient (Wildman–Crippen LogP) is 4.30. The van der Waals surface area contributed by atoms with Crippen molar-refractivity contribution in [1.82, 2.24) is 0 Å². The number of hydrogen-bond acceptors (Lipinski definition) is 4. The summed E-state index contributed by atoms with van der Waals surface area (Å²) >= 11 is 0. The van der Waals surface area contributed by atoms with E-state index in [-0.39, 0.29) is 0 Å². The zero-order chi connectivity index (χ0) is 18.7. The van der Waals surface area contributed by atoms with Gasteiger partial charge in [-0.2, -0.15) is 0 Å². The molecule has 0 amide bonds. The molecule has 4 heteroatoms. The van der Waals surface area contributed by atoms with Crippen LogP contribution < -0.4 is 0 Å². The van der Waals surface area contributed by atoms with Gasteiger partial charge >= 0.3 is 0 Å². The highest BCUT2D eigenvalue weighted by atomic mass is 16.7. The first-order chi connectivity index (χ1) is 13.1. The average Bonchev–Trinajstić information content (AvgIpc) is 3.33. The molecular weight excluding hydrogens is 340 g/mol. The van der Waals surface area contributed by atoms with E-state index in [0.717, 1.165) is 30.4 Å². The lowest BCUT2D eigenvalue weighted by Crippen LogP contribution is -2.22. The summed E-state index contributed by atoms with van der Waals surface area (Å²) in [5.41, 5.74) is 4.84. The number of benzene rings is 2. The lowest BCUT2D eigenvalue weighted by atomic mass is 9.98. The van der Waals surface area contributed by atoms with Crippen LogP contribution in [0.3, 0.4) is 0 Å². The second kappa shape index (κ2) is 7.72. The fourth-order valence-corrected chi connectivity index (χ4v) is 3.88. The van der Waals surface area contributed by atoms with Gasteiger partial charge in [0.2, 0.25) is 0 Å². The first-order valence-electron chi connectivity index (χ1n) is 9.82. The van der Waals surface area contributed by atoms with Crippen LogP contribution in [0.2, 0.25) is 0 Å². The summed E-state index contributed by atoms with van der Waals surface area (Å²) < 4.78 is 23.1. The van der Waals surface area contributed by atoms with Crippen molar-refractivity contribution in [3.8, 4) is 0 Å². The van der Waals surface area contributed by atoms with E-state index in [9.17, 15) is 0 Å². The molecule has 0 spiro atoms. The third-order valence-electron chi connectivity index (χ3n) is 5.51. The maximum Gasteiger partial charge on any atom is 0.192 e. The van der Waals surface area contributed by atoms with Crippen LogP contribution >= 0.6 is 0 Å². The van der Waals surface area contributed by atoms with E-state index in [1.165, 1.54) is 11.1 Å². The molecule has 0 aliphatic carbocycles. The van der Waals surface area contributed by atoms with E-state index in [1.54, 1.807) is 0 Å². The Morgan fingerprint density at radius 3 is 1.48 bits per heavy atom. The van der Waals surface area contributed by atoms with Gasteiger partial charge in [0.1, 0.15) is 0 Å². The highest BCUT2D eigenvalue weighted by Gasteiger charge is 2.34. The van der Waals surface area contributed by atoms with Crippen molar-refractivity contribution < 1.29 is 18.9 Å². The molecule has 2 heterocycles. The van der Waals surface area contributed by atoms with Crippen LogP contribution in [-0.2, 0) is 43.4 Å². The molecule has 2 fully saturated rings. The Bertz CT molecular complexity index is 708. The van der Waals surface area contributed by atoms with E-state index in [2.05, 4.69) is 48.5 Å². The molecule has 2 aromatic rings. The number of hydrogen-bond donors (Lipinski definition) is 0. The Labute approximate surface area is 161 Å². The molecule has 4 rings (SSSR count). The second-order valence-corrected chi connectivity index (χ2v) is 7.54. The monoisotopic (exact) mass is 368 g/mol. The molecule has 0 radical (unpaired) electrons. The van der Waals surface area contributed by atoms with Gasteiger partial charge in [-0.3, -0.25) is 0 Å². The smallest absolute Gasteiger partial charge is 0.192 e. The minimum Gasteiger partial charge on any atom is -0.344 e. The molecule has 0 unspecified atom stereocenters. The summed E-state index contributed by atoms with van der Waals surface area (Å²) in [4.78, 5) is 0. The van der Waals surface area contributed by atoms with Crippen molar-refractivity contribution in [2.45, 2.75) is 44.7 Å². The van der Waals surface area contributed by atoms with Crippen molar-refractivity contribution in [1.29, 1.82) is 0 Å². The summed E-state index contributed by atoms with van der Waals surface area (Å²) in [7, 11) is 0. The van der Waals surface area contributed by atoms with Crippen molar-refractivity contribution in [2.75, 3.05) is 26.4 Å². The predicted molar refractivity (Wildman–Crippen MR) is 103 cm³/mol. The van der Waals surface area contributed by atoms with E-state index in [4.69, 9.17) is 18.9 Å². The standard InChI is InChI=1S/C23H28O4/c1-22(24-12-13-25-22)20-10-4-8-18(16-20)6-3-7-19-9-5-11-21(17-19)23(2)26-14-15-27-23/h4-5,8-11,16-17H,3,6-7,12-15H2,1-2H3. The molecular formula is C23H28O4. The van der Waals surface area contributed by atoms with E-state index in [1.807, 2.05) is 13.8 Å². The maximum atomic E-state index is 5.78. The minimum absolute atomic E-state index is 0.596. The Hall–Kier alpha value is -1.72. The van der Waals surface area contributed by atoms with Crippen LogP contribution in [0.5, 0.6) is 0 Å². The van der Waals surface area contributed by atoms with E-state index < -0.39 is 11.6 Å². The molecule has 27 heavy (non-hydrogen) atoms. The number of aryl methyl sites for hydroxylation is 2. The fourth-order valence-electron chi connectivity index (χ4n) is 3.88. The molecule has 2 aromatic carbocycles. The molecule has 2 saturated heterocycles. The van der Waals surface area contributed by atoms with Gasteiger partial charge in [-0.05, 0) is 44.2 Å². The van der Waals surface area contributed by atoms with Gasteiger partial charge in [-0.1, -0.05) is 48.5 Å². The topological polar surface area (TPSA) is 36.9 Å². The van der Waals surface area contributed by atoms with Crippen LogP contribution in [0.25, 0.3) is 0 Å². The summed E-state index contributed by atoms with van der Waals surface area (Å²) in [6, 6.07) is 17.1. The largest absolute Gasteiger partial charge is 0.344 e. The third-order valence-corrected chi connectivity index (χ3v) is 5.51. The Balaban J connectivity index is 1.38. The fraction of sp³-hybridized carbons (Fsp3) is 0.478. The molecule has 2 aliphatic rings.